The van der Waals surface area contributed by atoms with Crippen LogP contribution in [0.5, 0.6) is 0 Å². The monoisotopic (exact) mass is 282 g/mol. The predicted molar refractivity (Wildman–Crippen MR) is 72.1 cm³/mol. The summed E-state index contributed by atoms with van der Waals surface area (Å²) in [5.41, 5.74) is -0.494. The van der Waals surface area contributed by atoms with E-state index in [2.05, 4.69) is 0 Å². The highest BCUT2D eigenvalue weighted by molar-refractivity contribution is 6.05. The van der Waals surface area contributed by atoms with Crippen LogP contribution in [0.15, 0.2) is 0 Å². The molecule has 0 spiro atoms. The third-order valence-electron chi connectivity index (χ3n) is 3.48. The van der Waals surface area contributed by atoms with Crippen molar-refractivity contribution < 1.29 is 19.1 Å². The number of ether oxygens (including phenoxy) is 1. The van der Waals surface area contributed by atoms with Crippen molar-refractivity contribution in [3.05, 3.63) is 0 Å². The quantitative estimate of drug-likeness (QED) is 0.710. The Morgan fingerprint density at radius 3 is 2.60 bits per heavy atom. The number of carbonyl (C=O) groups excluding carboxylic acids is 3. The Kier molecular flexibility index (Phi) is 4.01. The molecule has 2 aliphatic rings. The first-order valence-corrected chi connectivity index (χ1v) is 7.02. The van der Waals surface area contributed by atoms with E-state index >= 15 is 0 Å². The molecule has 112 valence electrons. The highest BCUT2D eigenvalue weighted by Gasteiger charge is 2.34. The molecule has 0 N–H and O–H groups in total. The van der Waals surface area contributed by atoms with Crippen molar-refractivity contribution in [2.24, 2.45) is 5.92 Å². The first kappa shape index (κ1) is 14.8. The van der Waals surface area contributed by atoms with Gasteiger partial charge in [-0.15, -0.1) is 0 Å². The standard InChI is InChI=1S/C14H22N2O4/c1-14(2,3)20-13(19)15-5-4-10(7-15)8-16-9-11(17)6-12(16)18/h10H,4-9H2,1-3H3/t10-/m0/s1. The first-order valence-electron chi connectivity index (χ1n) is 7.02. The van der Waals surface area contributed by atoms with Gasteiger partial charge in [0.15, 0.2) is 5.78 Å². The lowest BCUT2D eigenvalue weighted by Gasteiger charge is -2.25. The van der Waals surface area contributed by atoms with Crippen molar-refractivity contribution in [2.75, 3.05) is 26.2 Å². The maximum absolute atomic E-state index is 11.9. The summed E-state index contributed by atoms with van der Waals surface area (Å²) in [6.45, 7) is 7.54. The van der Waals surface area contributed by atoms with Crippen molar-refractivity contribution in [3.63, 3.8) is 0 Å². The van der Waals surface area contributed by atoms with Crippen LogP contribution < -0.4 is 0 Å². The van der Waals surface area contributed by atoms with Gasteiger partial charge in [0.1, 0.15) is 5.60 Å². The van der Waals surface area contributed by atoms with Gasteiger partial charge in [0.25, 0.3) is 0 Å². The van der Waals surface area contributed by atoms with Crippen molar-refractivity contribution in [3.8, 4) is 0 Å². The molecule has 2 saturated heterocycles. The Labute approximate surface area is 119 Å². The highest BCUT2D eigenvalue weighted by atomic mass is 16.6. The number of ketones is 1. The van der Waals surface area contributed by atoms with Gasteiger partial charge in [0.2, 0.25) is 5.91 Å². The van der Waals surface area contributed by atoms with Crippen LogP contribution in [-0.2, 0) is 14.3 Å². The summed E-state index contributed by atoms with van der Waals surface area (Å²) in [6, 6.07) is 0. The van der Waals surface area contributed by atoms with Crippen LogP contribution in [0.4, 0.5) is 4.79 Å². The lowest BCUT2D eigenvalue weighted by molar-refractivity contribution is -0.128. The van der Waals surface area contributed by atoms with E-state index in [-0.39, 0.29) is 36.7 Å². The van der Waals surface area contributed by atoms with Crippen molar-refractivity contribution in [2.45, 2.75) is 39.2 Å². The zero-order valence-electron chi connectivity index (χ0n) is 12.3. The average molecular weight is 282 g/mol. The molecule has 2 fully saturated rings. The van der Waals surface area contributed by atoms with Gasteiger partial charge in [-0.1, -0.05) is 0 Å². The van der Waals surface area contributed by atoms with Crippen LogP contribution >= 0.6 is 0 Å². The number of carbonyl (C=O) groups is 3. The van der Waals surface area contributed by atoms with Crippen molar-refractivity contribution in [1.82, 2.24) is 9.80 Å². The summed E-state index contributed by atoms with van der Waals surface area (Å²) in [5.74, 6) is 0.125. The summed E-state index contributed by atoms with van der Waals surface area (Å²) in [6.07, 6.45) is 0.573. The largest absolute Gasteiger partial charge is 0.444 e. The minimum atomic E-state index is -0.494. The van der Waals surface area contributed by atoms with E-state index in [0.717, 1.165) is 6.42 Å². The number of rotatable bonds is 2. The maximum Gasteiger partial charge on any atom is 0.410 e. The van der Waals surface area contributed by atoms with Gasteiger partial charge < -0.3 is 14.5 Å². The Bertz CT molecular complexity index is 427. The van der Waals surface area contributed by atoms with Gasteiger partial charge in [-0.2, -0.15) is 0 Å². The molecule has 1 atom stereocenters. The smallest absolute Gasteiger partial charge is 0.410 e. The van der Waals surface area contributed by atoms with E-state index in [4.69, 9.17) is 4.74 Å². The number of hydrogen-bond acceptors (Lipinski definition) is 4. The van der Waals surface area contributed by atoms with Gasteiger partial charge in [0.05, 0.1) is 13.0 Å². The molecular weight excluding hydrogens is 260 g/mol. The summed E-state index contributed by atoms with van der Waals surface area (Å²) >= 11 is 0. The molecular formula is C14H22N2O4. The van der Waals surface area contributed by atoms with Gasteiger partial charge >= 0.3 is 6.09 Å². The molecule has 6 nitrogen and oxygen atoms in total. The third-order valence-corrected chi connectivity index (χ3v) is 3.48. The Morgan fingerprint density at radius 1 is 1.35 bits per heavy atom. The molecule has 20 heavy (non-hydrogen) atoms. The van der Waals surface area contributed by atoms with Gasteiger partial charge in [-0.05, 0) is 33.1 Å². The SMILES string of the molecule is CC(C)(C)OC(=O)N1CC[C@H](CN2CC(=O)CC2=O)C1. The summed E-state index contributed by atoms with van der Waals surface area (Å²) < 4.78 is 5.33. The highest BCUT2D eigenvalue weighted by Crippen LogP contribution is 2.21. The number of Topliss-reactive ketones (excluding diaryl/α,β-unsaturated/α-hetero) is 1. The Balaban J connectivity index is 1.82. The van der Waals surface area contributed by atoms with Gasteiger partial charge in [-0.25, -0.2) is 4.79 Å². The minimum absolute atomic E-state index is 0.0167. The molecule has 2 rings (SSSR count). The second kappa shape index (κ2) is 5.42. The second-order valence-corrected chi connectivity index (χ2v) is 6.57. The Hall–Kier alpha value is -1.59. The molecule has 6 heteroatoms. The van der Waals surface area contributed by atoms with Crippen molar-refractivity contribution in [1.29, 1.82) is 0 Å². The molecule has 0 aromatic heterocycles. The van der Waals surface area contributed by atoms with Crippen LogP contribution in [0.1, 0.15) is 33.6 Å². The molecule has 2 amide bonds. The molecule has 0 aromatic rings. The minimum Gasteiger partial charge on any atom is -0.444 e. The molecule has 0 unspecified atom stereocenters. The zero-order valence-corrected chi connectivity index (χ0v) is 12.3. The van der Waals surface area contributed by atoms with E-state index in [1.165, 1.54) is 0 Å². The lowest BCUT2D eigenvalue weighted by atomic mass is 10.1. The second-order valence-electron chi connectivity index (χ2n) is 6.57. The summed E-state index contributed by atoms with van der Waals surface area (Å²) in [5, 5.41) is 0. The van der Waals surface area contributed by atoms with Crippen LogP contribution in [-0.4, -0.2) is 59.4 Å². The van der Waals surface area contributed by atoms with Crippen LogP contribution in [0.2, 0.25) is 0 Å². The maximum atomic E-state index is 11.9. The topological polar surface area (TPSA) is 66.9 Å². The predicted octanol–water partition coefficient (Wildman–Crippen LogP) is 1.04. The first-order chi connectivity index (χ1) is 9.24. The van der Waals surface area contributed by atoms with Gasteiger partial charge in [0, 0.05) is 19.6 Å². The molecule has 0 saturated carbocycles. The fraction of sp³-hybridized carbons (Fsp3) is 0.786. The normalized spacial score (nSPS) is 23.6. The zero-order chi connectivity index (χ0) is 14.9. The number of hydrogen-bond donors (Lipinski definition) is 0. The average Bonchev–Trinajstić information content (AvgIpc) is 2.85. The number of amides is 2. The molecule has 0 radical (unpaired) electrons. The van der Waals surface area contributed by atoms with Crippen LogP contribution in [0.25, 0.3) is 0 Å². The molecule has 0 aromatic carbocycles. The van der Waals surface area contributed by atoms with E-state index in [1.807, 2.05) is 20.8 Å². The molecule has 2 aliphatic heterocycles. The number of likely N-dealkylation sites (tertiary alicyclic amines) is 2. The van der Waals surface area contributed by atoms with E-state index in [1.54, 1.807) is 9.80 Å². The molecule has 0 aliphatic carbocycles. The fourth-order valence-corrected chi connectivity index (χ4v) is 2.59. The van der Waals surface area contributed by atoms with Crippen LogP contribution in [0.3, 0.4) is 0 Å². The van der Waals surface area contributed by atoms with Gasteiger partial charge in [-0.3, -0.25) is 9.59 Å². The van der Waals surface area contributed by atoms with Crippen molar-refractivity contribution >= 4 is 17.8 Å². The molecule has 0 bridgehead atoms. The van der Waals surface area contributed by atoms with Crippen LogP contribution in [0, 0.1) is 5.92 Å². The molecule has 2 heterocycles. The number of nitrogens with zero attached hydrogens (tertiary/aromatic N) is 2. The lowest BCUT2D eigenvalue weighted by Crippen LogP contribution is -2.37. The van der Waals surface area contributed by atoms with E-state index < -0.39 is 5.60 Å². The third kappa shape index (κ3) is 3.71. The fourth-order valence-electron chi connectivity index (χ4n) is 2.59. The van der Waals surface area contributed by atoms with E-state index in [9.17, 15) is 14.4 Å². The Morgan fingerprint density at radius 2 is 2.05 bits per heavy atom. The summed E-state index contributed by atoms with van der Waals surface area (Å²) in [7, 11) is 0. The summed E-state index contributed by atoms with van der Waals surface area (Å²) in [4.78, 5) is 38.0. The van der Waals surface area contributed by atoms with E-state index in [0.29, 0.717) is 19.6 Å².